The lowest BCUT2D eigenvalue weighted by atomic mass is 9.83. The zero-order chi connectivity index (χ0) is 29.3. The molecule has 2 aliphatic heterocycles. The largest absolute Gasteiger partial charge is 0.484 e. The first-order valence-corrected chi connectivity index (χ1v) is 16.2. The van der Waals surface area contributed by atoms with Crippen molar-refractivity contribution >= 4 is 11.9 Å². The Kier molecular flexibility index (Phi) is 10.9. The van der Waals surface area contributed by atoms with E-state index in [-0.39, 0.29) is 30.5 Å². The lowest BCUT2D eigenvalue weighted by Crippen LogP contribution is -2.50. The molecule has 0 bridgehead atoms. The van der Waals surface area contributed by atoms with Crippen LogP contribution >= 0.6 is 0 Å². The van der Waals surface area contributed by atoms with E-state index in [4.69, 9.17) is 4.74 Å². The molecule has 3 atom stereocenters. The number of benzene rings is 2. The van der Waals surface area contributed by atoms with Crippen LogP contribution in [0.1, 0.15) is 69.8 Å². The molecule has 42 heavy (non-hydrogen) atoms. The molecule has 2 heterocycles. The Balaban J connectivity index is 1.21. The number of likely N-dealkylation sites (tertiary alicyclic amines) is 2. The van der Waals surface area contributed by atoms with E-state index >= 15 is 0 Å². The van der Waals surface area contributed by atoms with Crippen LogP contribution < -0.4 is 4.74 Å². The molecule has 3 unspecified atom stereocenters. The molecule has 5 rings (SSSR count). The van der Waals surface area contributed by atoms with E-state index in [0.717, 1.165) is 90.0 Å². The molecule has 228 valence electrons. The first kappa shape index (κ1) is 30.6. The predicted molar refractivity (Wildman–Crippen MR) is 166 cm³/mol. The van der Waals surface area contributed by atoms with Crippen molar-refractivity contribution in [1.82, 2.24) is 14.7 Å². The molecule has 3 aliphatic rings. The molecular weight excluding hydrogens is 526 g/mol. The highest BCUT2D eigenvalue weighted by molar-refractivity contribution is 5.78. The predicted octanol–water partition coefficient (Wildman–Crippen LogP) is 5.52. The molecule has 7 heteroatoms. The van der Waals surface area contributed by atoms with Gasteiger partial charge < -0.3 is 19.6 Å². The Morgan fingerprint density at radius 1 is 0.929 bits per heavy atom. The van der Waals surface area contributed by atoms with E-state index in [9.17, 15) is 14.7 Å². The summed E-state index contributed by atoms with van der Waals surface area (Å²) < 4.78 is 5.79. The third-order valence-corrected chi connectivity index (χ3v) is 9.82. The molecule has 0 radical (unpaired) electrons. The number of aliphatic carboxylic acids is 1. The lowest BCUT2D eigenvalue weighted by Gasteiger charge is -2.39. The summed E-state index contributed by atoms with van der Waals surface area (Å²) in [6, 6.07) is 20.1. The highest BCUT2D eigenvalue weighted by Crippen LogP contribution is 2.38. The molecular formula is C35H49N3O4. The van der Waals surface area contributed by atoms with Gasteiger partial charge in [-0.25, -0.2) is 0 Å². The van der Waals surface area contributed by atoms with Crippen molar-refractivity contribution in [3.8, 4) is 5.75 Å². The number of hydrogen-bond acceptors (Lipinski definition) is 5. The Morgan fingerprint density at radius 3 is 2.24 bits per heavy atom. The number of rotatable bonds is 12. The molecule has 2 aromatic carbocycles. The topological polar surface area (TPSA) is 73.3 Å². The number of carboxylic acid groups (broad SMARTS) is 1. The molecule has 0 spiro atoms. The highest BCUT2D eigenvalue weighted by Gasteiger charge is 2.43. The Labute approximate surface area is 251 Å². The van der Waals surface area contributed by atoms with Crippen LogP contribution in [0.4, 0.5) is 0 Å². The fourth-order valence-electron chi connectivity index (χ4n) is 7.74. The number of para-hydroxylation sites is 1. The lowest BCUT2D eigenvalue weighted by molar-refractivity contribution is -0.145. The van der Waals surface area contributed by atoms with Crippen molar-refractivity contribution in [3.63, 3.8) is 0 Å². The van der Waals surface area contributed by atoms with Crippen molar-refractivity contribution in [2.75, 3.05) is 45.9 Å². The van der Waals surface area contributed by atoms with E-state index in [1.165, 1.54) is 12.0 Å². The second kappa shape index (κ2) is 15.0. The average Bonchev–Trinajstić information content (AvgIpc) is 3.43. The SMILES string of the molecule is CCCN(C(=O)COc1ccccc1)C1CCN(CC2CN(C(C(=O)O)C3CCCCC3)CC2c2ccccc2)CC1. The van der Waals surface area contributed by atoms with Crippen LogP contribution in [0, 0.1) is 11.8 Å². The molecule has 1 saturated carbocycles. The number of ether oxygens (including phenoxy) is 1. The van der Waals surface area contributed by atoms with Crippen molar-refractivity contribution < 1.29 is 19.4 Å². The quantitative estimate of drug-likeness (QED) is 0.360. The van der Waals surface area contributed by atoms with Crippen LogP contribution in [0.25, 0.3) is 0 Å². The van der Waals surface area contributed by atoms with Gasteiger partial charge in [0.1, 0.15) is 11.8 Å². The van der Waals surface area contributed by atoms with Gasteiger partial charge in [0.25, 0.3) is 5.91 Å². The first-order valence-electron chi connectivity index (χ1n) is 16.2. The summed E-state index contributed by atoms with van der Waals surface area (Å²) >= 11 is 0. The maximum Gasteiger partial charge on any atom is 0.321 e. The second-order valence-electron chi connectivity index (χ2n) is 12.6. The van der Waals surface area contributed by atoms with Gasteiger partial charge in [0, 0.05) is 51.2 Å². The summed E-state index contributed by atoms with van der Waals surface area (Å²) in [5.74, 6) is 1.13. The number of piperidine rings is 1. The summed E-state index contributed by atoms with van der Waals surface area (Å²) in [5, 5.41) is 10.3. The van der Waals surface area contributed by atoms with Gasteiger partial charge in [0.2, 0.25) is 0 Å². The summed E-state index contributed by atoms with van der Waals surface area (Å²) in [6.07, 6.45) is 8.45. The zero-order valence-corrected chi connectivity index (χ0v) is 25.3. The highest BCUT2D eigenvalue weighted by atomic mass is 16.5. The number of hydrogen-bond donors (Lipinski definition) is 1. The monoisotopic (exact) mass is 575 g/mol. The van der Waals surface area contributed by atoms with E-state index in [2.05, 4.69) is 47.1 Å². The summed E-state index contributed by atoms with van der Waals surface area (Å²) in [7, 11) is 0. The third-order valence-electron chi connectivity index (χ3n) is 9.82. The van der Waals surface area contributed by atoms with Gasteiger partial charge in [-0.1, -0.05) is 74.7 Å². The standard InChI is InChI=1S/C35H49N3O4/c1-2-20-38(33(39)26-42-31-16-10-5-11-17-31)30-18-21-36(22-19-30)23-29-24-37(25-32(29)27-12-6-3-7-13-27)34(35(40)41)28-14-8-4-9-15-28/h3,5-7,10-13,16-17,28-30,32,34H,2,4,8-9,14-15,18-26H2,1H3,(H,40,41). The molecule has 3 fully saturated rings. The average molecular weight is 576 g/mol. The Morgan fingerprint density at radius 2 is 1.60 bits per heavy atom. The van der Waals surface area contributed by atoms with Gasteiger partial charge in [-0.15, -0.1) is 0 Å². The van der Waals surface area contributed by atoms with Crippen molar-refractivity contribution in [3.05, 3.63) is 66.2 Å². The third kappa shape index (κ3) is 7.73. The van der Waals surface area contributed by atoms with Gasteiger partial charge in [0.05, 0.1) is 0 Å². The van der Waals surface area contributed by atoms with Gasteiger partial charge in [0.15, 0.2) is 6.61 Å². The Bertz CT molecular complexity index is 1120. The van der Waals surface area contributed by atoms with Gasteiger partial charge in [-0.2, -0.15) is 0 Å². The molecule has 1 N–H and O–H groups in total. The van der Waals surface area contributed by atoms with E-state index < -0.39 is 5.97 Å². The smallest absolute Gasteiger partial charge is 0.321 e. The van der Waals surface area contributed by atoms with E-state index in [1.54, 1.807) is 0 Å². The summed E-state index contributed by atoms with van der Waals surface area (Å²) in [6.45, 7) is 7.50. The number of carbonyl (C=O) groups is 2. The minimum atomic E-state index is -0.646. The van der Waals surface area contributed by atoms with Crippen LogP contribution in [0.15, 0.2) is 60.7 Å². The minimum absolute atomic E-state index is 0.0668. The van der Waals surface area contributed by atoms with E-state index in [1.807, 2.05) is 35.2 Å². The molecule has 0 aromatic heterocycles. The van der Waals surface area contributed by atoms with Crippen LogP contribution in [-0.2, 0) is 9.59 Å². The molecule has 7 nitrogen and oxygen atoms in total. The van der Waals surface area contributed by atoms with Gasteiger partial charge in [-0.05, 0) is 61.6 Å². The maximum atomic E-state index is 13.2. The van der Waals surface area contributed by atoms with Crippen molar-refractivity contribution in [2.24, 2.45) is 11.8 Å². The molecule has 2 saturated heterocycles. The molecule has 1 amide bonds. The second-order valence-corrected chi connectivity index (χ2v) is 12.6. The number of nitrogens with zero attached hydrogens (tertiary/aromatic N) is 3. The van der Waals surface area contributed by atoms with Gasteiger partial charge >= 0.3 is 5.97 Å². The van der Waals surface area contributed by atoms with Crippen molar-refractivity contribution in [2.45, 2.75) is 76.3 Å². The molecule has 1 aliphatic carbocycles. The number of carboxylic acids is 1. The minimum Gasteiger partial charge on any atom is -0.484 e. The normalized spacial score (nSPS) is 23.5. The van der Waals surface area contributed by atoms with Crippen LogP contribution in [0.2, 0.25) is 0 Å². The number of carbonyl (C=O) groups excluding carboxylic acids is 1. The molecule has 2 aromatic rings. The maximum absolute atomic E-state index is 13.2. The fourth-order valence-corrected chi connectivity index (χ4v) is 7.74. The summed E-state index contributed by atoms with van der Waals surface area (Å²) in [4.78, 5) is 32.7. The van der Waals surface area contributed by atoms with Gasteiger partial charge in [-0.3, -0.25) is 14.5 Å². The first-order chi connectivity index (χ1) is 20.5. The Hall–Kier alpha value is -2.90. The van der Waals surface area contributed by atoms with Crippen LogP contribution in [-0.4, -0.2) is 89.6 Å². The van der Waals surface area contributed by atoms with Crippen LogP contribution in [0.3, 0.4) is 0 Å². The zero-order valence-electron chi connectivity index (χ0n) is 25.3. The van der Waals surface area contributed by atoms with Crippen molar-refractivity contribution in [1.29, 1.82) is 0 Å². The summed E-state index contributed by atoms with van der Waals surface area (Å²) in [5.41, 5.74) is 1.32. The van der Waals surface area contributed by atoms with E-state index in [0.29, 0.717) is 11.8 Å². The fraction of sp³-hybridized carbons (Fsp3) is 0.600. The van der Waals surface area contributed by atoms with Crippen LogP contribution in [0.5, 0.6) is 5.75 Å². The number of amides is 1.